The molecule has 0 saturated heterocycles. The average Bonchev–Trinajstić information content (AvgIpc) is 2.61. The second-order valence-electron chi connectivity index (χ2n) is 4.81. The summed E-state index contributed by atoms with van der Waals surface area (Å²) in [7, 11) is 0. The first-order valence-corrected chi connectivity index (χ1v) is 6.39. The first-order chi connectivity index (χ1) is 8.28. The zero-order valence-corrected chi connectivity index (χ0v) is 10.3. The molecule has 0 unspecified atom stereocenters. The number of halogens is 1. The van der Waals surface area contributed by atoms with Crippen LogP contribution in [0.4, 0.5) is 0 Å². The van der Waals surface area contributed by atoms with Gasteiger partial charge in [-0.2, -0.15) is 0 Å². The number of rotatable bonds is 3. The highest BCUT2D eigenvalue weighted by molar-refractivity contribution is 6.31. The van der Waals surface area contributed by atoms with Crippen molar-refractivity contribution in [2.24, 2.45) is 5.92 Å². The molecule has 88 valence electrons. The molecule has 17 heavy (non-hydrogen) atoms. The van der Waals surface area contributed by atoms with Gasteiger partial charge in [-0.3, -0.25) is 4.79 Å². The minimum Gasteiger partial charge on any atom is -0.346 e. The Balaban J connectivity index is 2.08. The number of carbonyl (C=O) groups excluding carboxylic acids is 1. The highest BCUT2D eigenvalue weighted by Crippen LogP contribution is 2.31. The molecule has 1 heterocycles. The molecule has 1 aliphatic rings. The number of benzene rings is 1. The van der Waals surface area contributed by atoms with Crippen LogP contribution in [0.25, 0.3) is 10.9 Å². The van der Waals surface area contributed by atoms with E-state index in [1.54, 1.807) is 0 Å². The standard InChI is InChI=1S/C14H14ClNO/c15-12-4-5-13-11(9-17)8-16(14(13)6-12)7-10-2-1-3-10/h4-6,8-10H,1-3,7H2. The van der Waals surface area contributed by atoms with Gasteiger partial charge in [-0.1, -0.05) is 24.1 Å². The van der Waals surface area contributed by atoms with Crippen molar-refractivity contribution in [1.29, 1.82) is 0 Å². The molecule has 1 saturated carbocycles. The van der Waals surface area contributed by atoms with Crippen LogP contribution >= 0.6 is 11.6 Å². The highest BCUT2D eigenvalue weighted by Gasteiger charge is 2.19. The van der Waals surface area contributed by atoms with E-state index in [0.717, 1.165) is 40.2 Å². The van der Waals surface area contributed by atoms with E-state index in [0.29, 0.717) is 0 Å². The third-order valence-corrected chi connectivity index (χ3v) is 3.92. The molecule has 0 N–H and O–H groups in total. The quantitative estimate of drug-likeness (QED) is 0.754. The van der Waals surface area contributed by atoms with Crippen molar-refractivity contribution in [3.8, 4) is 0 Å². The third-order valence-electron chi connectivity index (χ3n) is 3.68. The Kier molecular flexibility index (Phi) is 2.67. The highest BCUT2D eigenvalue weighted by atomic mass is 35.5. The molecule has 0 aliphatic heterocycles. The first kappa shape index (κ1) is 10.8. The van der Waals surface area contributed by atoms with Crippen molar-refractivity contribution in [1.82, 2.24) is 4.57 Å². The maximum Gasteiger partial charge on any atom is 0.152 e. The van der Waals surface area contributed by atoms with Gasteiger partial charge in [0, 0.05) is 28.7 Å². The number of aromatic nitrogens is 1. The molecule has 2 nitrogen and oxygen atoms in total. The molecule has 3 heteroatoms. The Morgan fingerprint density at radius 1 is 1.41 bits per heavy atom. The average molecular weight is 248 g/mol. The van der Waals surface area contributed by atoms with Gasteiger partial charge in [0.15, 0.2) is 6.29 Å². The minimum absolute atomic E-state index is 0.725. The maximum absolute atomic E-state index is 11.0. The summed E-state index contributed by atoms with van der Waals surface area (Å²) in [6.07, 6.45) is 6.82. The molecule has 0 amide bonds. The molecule has 0 spiro atoms. The van der Waals surface area contributed by atoms with Gasteiger partial charge in [0.05, 0.1) is 5.52 Å². The summed E-state index contributed by atoms with van der Waals surface area (Å²) in [6.45, 7) is 1.00. The molecule has 1 aliphatic carbocycles. The number of carbonyl (C=O) groups is 1. The second-order valence-corrected chi connectivity index (χ2v) is 5.25. The van der Waals surface area contributed by atoms with Gasteiger partial charge in [0.1, 0.15) is 0 Å². The Morgan fingerprint density at radius 3 is 2.88 bits per heavy atom. The molecule has 3 rings (SSSR count). The summed E-state index contributed by atoms with van der Waals surface area (Å²) in [5.74, 6) is 0.768. The molecule has 1 aromatic carbocycles. The van der Waals surface area contributed by atoms with Gasteiger partial charge in [-0.25, -0.2) is 0 Å². The molecule has 0 bridgehead atoms. The van der Waals surface area contributed by atoms with E-state index in [2.05, 4.69) is 4.57 Å². The van der Waals surface area contributed by atoms with Crippen LogP contribution in [-0.2, 0) is 6.54 Å². The summed E-state index contributed by atoms with van der Waals surface area (Å²) < 4.78 is 2.18. The summed E-state index contributed by atoms with van der Waals surface area (Å²) >= 11 is 6.03. The lowest BCUT2D eigenvalue weighted by Gasteiger charge is -2.26. The van der Waals surface area contributed by atoms with Crippen LogP contribution in [0.3, 0.4) is 0 Å². The predicted octanol–water partition coefficient (Wildman–Crippen LogP) is 3.91. The largest absolute Gasteiger partial charge is 0.346 e. The molecular weight excluding hydrogens is 234 g/mol. The Morgan fingerprint density at radius 2 is 2.24 bits per heavy atom. The first-order valence-electron chi connectivity index (χ1n) is 6.01. The lowest BCUT2D eigenvalue weighted by atomic mass is 9.85. The number of aldehydes is 1. The van der Waals surface area contributed by atoms with Gasteiger partial charge in [0.25, 0.3) is 0 Å². The topological polar surface area (TPSA) is 22.0 Å². The van der Waals surface area contributed by atoms with Crippen LogP contribution in [0.2, 0.25) is 5.02 Å². The predicted molar refractivity (Wildman–Crippen MR) is 69.7 cm³/mol. The Hall–Kier alpha value is -1.28. The van der Waals surface area contributed by atoms with Crippen LogP contribution in [0.5, 0.6) is 0 Å². The van der Waals surface area contributed by atoms with E-state index >= 15 is 0 Å². The molecular formula is C14H14ClNO. The van der Waals surface area contributed by atoms with Crippen molar-refractivity contribution in [2.75, 3.05) is 0 Å². The summed E-state index contributed by atoms with van der Waals surface area (Å²) in [5, 5.41) is 1.73. The normalized spacial score (nSPS) is 16.1. The van der Waals surface area contributed by atoms with Gasteiger partial charge < -0.3 is 4.57 Å². The van der Waals surface area contributed by atoms with Crippen LogP contribution in [-0.4, -0.2) is 10.9 Å². The van der Waals surface area contributed by atoms with Crippen LogP contribution in [0.15, 0.2) is 24.4 Å². The van der Waals surface area contributed by atoms with Gasteiger partial charge in [-0.15, -0.1) is 0 Å². The van der Waals surface area contributed by atoms with E-state index in [1.165, 1.54) is 19.3 Å². The van der Waals surface area contributed by atoms with E-state index in [-0.39, 0.29) is 0 Å². The van der Waals surface area contributed by atoms with Crippen molar-refractivity contribution in [3.63, 3.8) is 0 Å². The van der Waals surface area contributed by atoms with Crippen molar-refractivity contribution in [3.05, 3.63) is 35.0 Å². The zero-order valence-electron chi connectivity index (χ0n) is 9.53. The zero-order chi connectivity index (χ0) is 11.8. The number of fused-ring (bicyclic) bond motifs is 1. The van der Waals surface area contributed by atoms with Gasteiger partial charge in [0.2, 0.25) is 0 Å². The Bertz CT molecular complexity index is 569. The van der Waals surface area contributed by atoms with Crippen molar-refractivity contribution >= 4 is 28.8 Å². The van der Waals surface area contributed by atoms with E-state index in [1.807, 2.05) is 24.4 Å². The minimum atomic E-state index is 0.725. The fourth-order valence-corrected chi connectivity index (χ4v) is 2.66. The lowest BCUT2D eigenvalue weighted by Crippen LogP contribution is -2.17. The van der Waals surface area contributed by atoms with Crippen LogP contribution in [0, 0.1) is 5.92 Å². The SMILES string of the molecule is O=Cc1cn(CC2CCC2)c2cc(Cl)ccc12. The van der Waals surface area contributed by atoms with Gasteiger partial charge >= 0.3 is 0 Å². The fourth-order valence-electron chi connectivity index (χ4n) is 2.49. The molecule has 1 fully saturated rings. The maximum atomic E-state index is 11.0. The lowest BCUT2D eigenvalue weighted by molar-refractivity contribution is 0.112. The van der Waals surface area contributed by atoms with E-state index < -0.39 is 0 Å². The number of hydrogen-bond donors (Lipinski definition) is 0. The van der Waals surface area contributed by atoms with E-state index in [4.69, 9.17) is 11.6 Å². The number of nitrogens with zero attached hydrogens (tertiary/aromatic N) is 1. The summed E-state index contributed by atoms with van der Waals surface area (Å²) in [5.41, 5.74) is 1.84. The van der Waals surface area contributed by atoms with Crippen molar-refractivity contribution < 1.29 is 4.79 Å². The third kappa shape index (κ3) is 1.87. The Labute approximate surface area is 105 Å². The van der Waals surface area contributed by atoms with Crippen LogP contribution in [0.1, 0.15) is 29.6 Å². The van der Waals surface area contributed by atoms with Gasteiger partial charge in [-0.05, 0) is 30.9 Å². The molecule has 0 atom stereocenters. The summed E-state index contributed by atoms with van der Waals surface area (Å²) in [6, 6.07) is 5.71. The fraction of sp³-hybridized carbons (Fsp3) is 0.357. The van der Waals surface area contributed by atoms with Crippen molar-refractivity contribution in [2.45, 2.75) is 25.8 Å². The molecule has 0 radical (unpaired) electrons. The number of hydrogen-bond acceptors (Lipinski definition) is 1. The van der Waals surface area contributed by atoms with Crippen LogP contribution < -0.4 is 0 Å². The monoisotopic (exact) mass is 247 g/mol. The molecule has 1 aromatic heterocycles. The van der Waals surface area contributed by atoms with E-state index in [9.17, 15) is 4.79 Å². The smallest absolute Gasteiger partial charge is 0.152 e. The second kappa shape index (κ2) is 4.19. The molecule has 2 aromatic rings. The summed E-state index contributed by atoms with van der Waals surface area (Å²) in [4.78, 5) is 11.0.